The fraction of sp³-hybridized carbons (Fsp3) is 0.364. The zero-order chi connectivity index (χ0) is 14.6. The van der Waals surface area contributed by atoms with E-state index in [1.165, 1.54) is 13.2 Å². The van der Waals surface area contributed by atoms with Crippen molar-refractivity contribution in [2.45, 2.75) is 19.4 Å². The highest BCUT2D eigenvalue weighted by atomic mass is 79.9. The molecular formula is C11H12BrClN2O4. The van der Waals surface area contributed by atoms with Gasteiger partial charge in [-0.25, -0.2) is 4.79 Å². The molecule has 1 rings (SSSR count). The van der Waals surface area contributed by atoms with Gasteiger partial charge in [-0.2, -0.15) is 0 Å². The lowest BCUT2D eigenvalue weighted by Gasteiger charge is -2.16. The van der Waals surface area contributed by atoms with Crippen molar-refractivity contribution in [2.75, 3.05) is 12.4 Å². The summed E-state index contributed by atoms with van der Waals surface area (Å²) in [6, 6.07) is 2.39. The average molecular weight is 352 g/mol. The first kappa shape index (κ1) is 15.7. The molecule has 0 aromatic heterocycles. The highest BCUT2D eigenvalue weighted by molar-refractivity contribution is 9.10. The fourth-order valence-corrected chi connectivity index (χ4v) is 2.05. The van der Waals surface area contributed by atoms with Gasteiger partial charge in [-0.3, -0.25) is 10.1 Å². The van der Waals surface area contributed by atoms with Crippen LogP contribution in [0.15, 0.2) is 16.6 Å². The van der Waals surface area contributed by atoms with Crippen LogP contribution < -0.4 is 5.32 Å². The molecule has 0 bridgehead atoms. The normalized spacial score (nSPS) is 11.8. The maximum absolute atomic E-state index is 11.5. The zero-order valence-electron chi connectivity index (χ0n) is 10.3. The van der Waals surface area contributed by atoms with Gasteiger partial charge in [0.1, 0.15) is 16.8 Å². The molecule has 104 valence electrons. The fourth-order valence-electron chi connectivity index (χ4n) is 1.49. The van der Waals surface area contributed by atoms with Crippen molar-refractivity contribution < 1.29 is 14.5 Å². The molecule has 1 aromatic rings. The Kier molecular flexibility index (Phi) is 5.56. The molecule has 0 heterocycles. The van der Waals surface area contributed by atoms with Crippen molar-refractivity contribution in [1.82, 2.24) is 0 Å². The Hall–Kier alpha value is -1.34. The van der Waals surface area contributed by atoms with Gasteiger partial charge in [0.2, 0.25) is 0 Å². The van der Waals surface area contributed by atoms with Gasteiger partial charge in [-0.1, -0.05) is 18.5 Å². The van der Waals surface area contributed by atoms with Crippen molar-refractivity contribution >= 4 is 44.9 Å². The first-order valence-corrected chi connectivity index (χ1v) is 6.56. The summed E-state index contributed by atoms with van der Waals surface area (Å²) in [5.41, 5.74) is -0.103. The van der Waals surface area contributed by atoms with Crippen LogP contribution >= 0.6 is 27.5 Å². The molecule has 1 atom stereocenters. The van der Waals surface area contributed by atoms with Gasteiger partial charge >= 0.3 is 11.7 Å². The Morgan fingerprint density at radius 1 is 1.63 bits per heavy atom. The van der Waals surface area contributed by atoms with Crippen molar-refractivity contribution in [2.24, 2.45) is 0 Å². The van der Waals surface area contributed by atoms with E-state index in [0.29, 0.717) is 10.9 Å². The van der Waals surface area contributed by atoms with Gasteiger partial charge in [0.25, 0.3) is 0 Å². The van der Waals surface area contributed by atoms with Gasteiger partial charge in [-0.05, 0) is 34.5 Å². The minimum Gasteiger partial charge on any atom is -0.467 e. The summed E-state index contributed by atoms with van der Waals surface area (Å²) >= 11 is 9.01. The summed E-state index contributed by atoms with van der Waals surface area (Å²) in [5.74, 6) is -0.490. The molecule has 8 heteroatoms. The van der Waals surface area contributed by atoms with Crippen LogP contribution in [0.3, 0.4) is 0 Å². The molecule has 6 nitrogen and oxygen atoms in total. The molecular weight excluding hydrogens is 339 g/mol. The molecule has 0 aliphatic heterocycles. The summed E-state index contributed by atoms with van der Waals surface area (Å²) in [7, 11) is 1.26. The SMILES string of the molecule is CCC(Nc1ccc(Br)c(Cl)c1[N+](=O)[O-])C(=O)OC. The second-order valence-corrected chi connectivity index (χ2v) is 4.88. The summed E-state index contributed by atoms with van der Waals surface area (Å²) in [5, 5.41) is 13.8. The highest BCUT2D eigenvalue weighted by Gasteiger charge is 2.25. The van der Waals surface area contributed by atoms with Crippen molar-refractivity contribution in [3.8, 4) is 0 Å². The third kappa shape index (κ3) is 3.57. The lowest BCUT2D eigenvalue weighted by molar-refractivity contribution is -0.383. The number of nitrogens with zero attached hydrogens (tertiary/aromatic N) is 1. The first-order valence-electron chi connectivity index (χ1n) is 5.39. The van der Waals surface area contributed by atoms with Crippen LogP contribution in [0.5, 0.6) is 0 Å². The average Bonchev–Trinajstić information content (AvgIpc) is 2.38. The monoisotopic (exact) mass is 350 g/mol. The zero-order valence-corrected chi connectivity index (χ0v) is 12.6. The van der Waals surface area contributed by atoms with E-state index < -0.39 is 16.9 Å². The number of nitrogens with one attached hydrogen (secondary N) is 1. The Morgan fingerprint density at radius 2 is 2.26 bits per heavy atom. The molecule has 0 spiro atoms. The Morgan fingerprint density at radius 3 is 2.74 bits per heavy atom. The molecule has 0 saturated heterocycles. The van der Waals surface area contributed by atoms with Gasteiger partial charge < -0.3 is 10.1 Å². The van der Waals surface area contributed by atoms with Crippen LogP contribution in [0.25, 0.3) is 0 Å². The van der Waals surface area contributed by atoms with E-state index in [-0.39, 0.29) is 16.4 Å². The van der Waals surface area contributed by atoms with Gasteiger partial charge in [0.05, 0.1) is 12.0 Å². The highest BCUT2D eigenvalue weighted by Crippen LogP contribution is 2.38. The summed E-state index contributed by atoms with van der Waals surface area (Å²) in [6.45, 7) is 1.76. The maximum Gasteiger partial charge on any atom is 0.328 e. The van der Waals surface area contributed by atoms with E-state index in [0.717, 1.165) is 0 Å². The van der Waals surface area contributed by atoms with E-state index in [1.54, 1.807) is 13.0 Å². The van der Waals surface area contributed by atoms with Crippen molar-refractivity contribution in [1.29, 1.82) is 0 Å². The molecule has 0 fully saturated rings. The van der Waals surface area contributed by atoms with Gasteiger partial charge in [-0.15, -0.1) is 0 Å². The van der Waals surface area contributed by atoms with Crippen LogP contribution in [0, 0.1) is 10.1 Å². The van der Waals surface area contributed by atoms with Gasteiger partial charge in [0.15, 0.2) is 0 Å². The molecule has 0 aliphatic rings. The number of ether oxygens (including phenoxy) is 1. The molecule has 19 heavy (non-hydrogen) atoms. The van der Waals surface area contributed by atoms with Crippen LogP contribution in [0.4, 0.5) is 11.4 Å². The predicted molar refractivity (Wildman–Crippen MR) is 75.5 cm³/mol. The number of nitro groups is 1. The topological polar surface area (TPSA) is 81.5 Å². The molecule has 1 unspecified atom stereocenters. The minimum absolute atomic E-state index is 0.0188. The number of carbonyl (C=O) groups excluding carboxylic acids is 1. The summed E-state index contributed by atoms with van der Waals surface area (Å²) in [6.07, 6.45) is 0.428. The lowest BCUT2D eigenvalue weighted by atomic mass is 10.2. The van der Waals surface area contributed by atoms with Crippen molar-refractivity contribution in [3.63, 3.8) is 0 Å². The van der Waals surface area contributed by atoms with Crippen LogP contribution in [-0.4, -0.2) is 24.0 Å². The second-order valence-electron chi connectivity index (χ2n) is 3.64. The van der Waals surface area contributed by atoms with Gasteiger partial charge in [0, 0.05) is 4.47 Å². The first-order chi connectivity index (χ1) is 8.92. The number of rotatable bonds is 5. The quantitative estimate of drug-likeness (QED) is 0.499. The molecule has 0 radical (unpaired) electrons. The van der Waals surface area contributed by atoms with E-state index in [4.69, 9.17) is 11.6 Å². The van der Waals surface area contributed by atoms with Crippen LogP contribution in [0.2, 0.25) is 5.02 Å². The predicted octanol–water partition coefficient (Wildman–Crippen LogP) is 3.37. The van der Waals surface area contributed by atoms with E-state index in [2.05, 4.69) is 26.0 Å². The smallest absolute Gasteiger partial charge is 0.328 e. The van der Waals surface area contributed by atoms with Crippen LogP contribution in [-0.2, 0) is 9.53 Å². The number of hydrogen-bond donors (Lipinski definition) is 1. The maximum atomic E-state index is 11.5. The Balaban J connectivity index is 3.17. The Labute approximate surface area is 123 Å². The van der Waals surface area contributed by atoms with E-state index in [9.17, 15) is 14.9 Å². The number of benzene rings is 1. The van der Waals surface area contributed by atoms with E-state index >= 15 is 0 Å². The largest absolute Gasteiger partial charge is 0.467 e. The third-order valence-electron chi connectivity index (χ3n) is 2.48. The molecule has 0 saturated carbocycles. The number of esters is 1. The van der Waals surface area contributed by atoms with E-state index in [1.807, 2.05) is 0 Å². The van der Waals surface area contributed by atoms with Crippen LogP contribution in [0.1, 0.15) is 13.3 Å². The molecule has 0 amide bonds. The second kappa shape index (κ2) is 6.72. The number of anilines is 1. The number of hydrogen-bond acceptors (Lipinski definition) is 5. The molecule has 1 aromatic carbocycles. The molecule has 1 N–H and O–H groups in total. The number of halogens is 2. The van der Waals surface area contributed by atoms with Crippen molar-refractivity contribution in [3.05, 3.63) is 31.7 Å². The number of carbonyl (C=O) groups is 1. The Bertz CT molecular complexity index is 510. The molecule has 0 aliphatic carbocycles. The summed E-state index contributed by atoms with van der Waals surface area (Å²) in [4.78, 5) is 21.9. The lowest BCUT2D eigenvalue weighted by Crippen LogP contribution is -2.30. The third-order valence-corrected chi connectivity index (χ3v) is 3.75. The number of methoxy groups -OCH3 is 1. The standard InChI is InChI=1S/C11H12BrClN2O4/c1-3-7(11(16)19-2)14-8-5-4-6(12)9(13)10(8)15(17)18/h4-5,7,14H,3H2,1-2H3. The summed E-state index contributed by atoms with van der Waals surface area (Å²) < 4.78 is 5.03. The minimum atomic E-state index is -0.666. The number of nitro benzene ring substituents is 1.